The SMILES string of the molecule is CN=C(NCc1cccc(C)c1)NCc1ccc(N2CCOCC2)c(F)c1. The van der Waals surface area contributed by atoms with Gasteiger partial charge in [-0.3, -0.25) is 4.99 Å². The van der Waals surface area contributed by atoms with Gasteiger partial charge in [0.2, 0.25) is 0 Å². The van der Waals surface area contributed by atoms with Crippen LogP contribution in [0, 0.1) is 12.7 Å². The molecule has 0 radical (unpaired) electrons. The van der Waals surface area contributed by atoms with E-state index in [-0.39, 0.29) is 5.82 Å². The third kappa shape index (κ3) is 5.44. The highest BCUT2D eigenvalue weighted by Gasteiger charge is 2.15. The zero-order valence-corrected chi connectivity index (χ0v) is 16.0. The molecule has 0 aromatic heterocycles. The minimum Gasteiger partial charge on any atom is -0.378 e. The molecule has 0 bridgehead atoms. The van der Waals surface area contributed by atoms with E-state index in [4.69, 9.17) is 4.74 Å². The van der Waals surface area contributed by atoms with Crippen LogP contribution in [0.1, 0.15) is 16.7 Å². The van der Waals surface area contributed by atoms with E-state index in [1.165, 1.54) is 11.1 Å². The Bertz CT molecular complexity index is 788. The molecule has 2 aromatic rings. The van der Waals surface area contributed by atoms with Gasteiger partial charge in [-0.2, -0.15) is 0 Å². The van der Waals surface area contributed by atoms with Gasteiger partial charge in [0.1, 0.15) is 5.82 Å². The molecule has 0 amide bonds. The van der Waals surface area contributed by atoms with E-state index in [1.807, 2.05) is 23.1 Å². The third-order valence-corrected chi connectivity index (χ3v) is 4.59. The molecule has 3 rings (SSSR count). The number of halogens is 1. The number of hydrogen-bond acceptors (Lipinski definition) is 3. The van der Waals surface area contributed by atoms with Crippen molar-refractivity contribution in [3.05, 3.63) is 65.0 Å². The minimum atomic E-state index is -0.195. The lowest BCUT2D eigenvalue weighted by molar-refractivity contribution is 0.122. The highest BCUT2D eigenvalue weighted by atomic mass is 19.1. The highest BCUT2D eigenvalue weighted by molar-refractivity contribution is 5.79. The van der Waals surface area contributed by atoms with Crippen LogP contribution >= 0.6 is 0 Å². The predicted molar refractivity (Wildman–Crippen MR) is 108 cm³/mol. The van der Waals surface area contributed by atoms with E-state index in [0.29, 0.717) is 38.0 Å². The molecule has 1 saturated heterocycles. The fourth-order valence-electron chi connectivity index (χ4n) is 3.14. The Hall–Kier alpha value is -2.60. The van der Waals surface area contributed by atoms with Crippen LogP contribution < -0.4 is 15.5 Å². The normalized spacial score (nSPS) is 14.9. The molecule has 144 valence electrons. The van der Waals surface area contributed by atoms with Crippen LogP contribution in [0.2, 0.25) is 0 Å². The van der Waals surface area contributed by atoms with Crippen molar-refractivity contribution < 1.29 is 9.13 Å². The van der Waals surface area contributed by atoms with Crippen molar-refractivity contribution in [3.8, 4) is 0 Å². The van der Waals surface area contributed by atoms with Gasteiger partial charge in [0, 0.05) is 33.2 Å². The van der Waals surface area contributed by atoms with Crippen molar-refractivity contribution >= 4 is 11.6 Å². The summed E-state index contributed by atoms with van der Waals surface area (Å²) >= 11 is 0. The molecule has 0 atom stereocenters. The maximum absolute atomic E-state index is 14.5. The Morgan fingerprint density at radius 3 is 2.41 bits per heavy atom. The molecule has 0 spiro atoms. The first-order chi connectivity index (χ1) is 13.2. The fourth-order valence-corrected chi connectivity index (χ4v) is 3.14. The van der Waals surface area contributed by atoms with Crippen LogP contribution in [-0.4, -0.2) is 39.3 Å². The van der Waals surface area contributed by atoms with Gasteiger partial charge >= 0.3 is 0 Å². The molecule has 1 fully saturated rings. The molecule has 0 unspecified atom stereocenters. The molecule has 1 heterocycles. The maximum atomic E-state index is 14.5. The molecule has 1 aliphatic heterocycles. The van der Waals surface area contributed by atoms with Gasteiger partial charge in [0.05, 0.1) is 18.9 Å². The van der Waals surface area contributed by atoms with E-state index >= 15 is 0 Å². The molecule has 0 aliphatic carbocycles. The molecular weight excluding hydrogens is 343 g/mol. The second-order valence-corrected chi connectivity index (χ2v) is 6.65. The first kappa shape index (κ1) is 19.2. The average molecular weight is 370 g/mol. The van der Waals surface area contributed by atoms with E-state index in [9.17, 15) is 4.39 Å². The van der Waals surface area contributed by atoms with Gasteiger partial charge in [-0.15, -0.1) is 0 Å². The summed E-state index contributed by atoms with van der Waals surface area (Å²) in [4.78, 5) is 6.26. The van der Waals surface area contributed by atoms with Gasteiger partial charge in [0.25, 0.3) is 0 Å². The average Bonchev–Trinajstić information content (AvgIpc) is 2.69. The van der Waals surface area contributed by atoms with Crippen LogP contribution in [-0.2, 0) is 17.8 Å². The van der Waals surface area contributed by atoms with Crippen LogP contribution in [0.3, 0.4) is 0 Å². The van der Waals surface area contributed by atoms with Gasteiger partial charge in [-0.05, 0) is 30.2 Å². The summed E-state index contributed by atoms with van der Waals surface area (Å²) in [6.45, 7) is 6.01. The second kappa shape index (κ2) is 9.37. The van der Waals surface area contributed by atoms with Gasteiger partial charge < -0.3 is 20.3 Å². The highest BCUT2D eigenvalue weighted by Crippen LogP contribution is 2.21. The number of aliphatic imine (C=N–C) groups is 1. The molecule has 5 nitrogen and oxygen atoms in total. The topological polar surface area (TPSA) is 48.9 Å². The zero-order chi connectivity index (χ0) is 19.1. The lowest BCUT2D eigenvalue weighted by Crippen LogP contribution is -2.37. The van der Waals surface area contributed by atoms with Gasteiger partial charge in [-0.1, -0.05) is 35.9 Å². The number of aryl methyl sites for hydroxylation is 1. The summed E-state index contributed by atoms with van der Waals surface area (Å²) in [7, 11) is 1.73. The van der Waals surface area contributed by atoms with Crippen molar-refractivity contribution in [2.45, 2.75) is 20.0 Å². The molecule has 6 heteroatoms. The molecule has 27 heavy (non-hydrogen) atoms. The van der Waals surface area contributed by atoms with Crippen LogP contribution in [0.25, 0.3) is 0 Å². The number of nitrogens with one attached hydrogen (secondary N) is 2. The first-order valence-corrected chi connectivity index (χ1v) is 9.27. The second-order valence-electron chi connectivity index (χ2n) is 6.65. The lowest BCUT2D eigenvalue weighted by atomic mass is 10.1. The smallest absolute Gasteiger partial charge is 0.191 e. The Morgan fingerprint density at radius 1 is 1.07 bits per heavy atom. The van der Waals surface area contributed by atoms with E-state index < -0.39 is 0 Å². The molecule has 0 saturated carbocycles. The Kier molecular flexibility index (Phi) is 6.65. The number of guanidine groups is 1. The summed E-state index contributed by atoms with van der Waals surface area (Å²) < 4.78 is 19.8. The fraction of sp³-hybridized carbons (Fsp3) is 0.381. The molecule has 2 aromatic carbocycles. The third-order valence-electron chi connectivity index (χ3n) is 4.59. The Labute approximate surface area is 160 Å². The summed E-state index contributed by atoms with van der Waals surface area (Å²) in [5, 5.41) is 6.52. The summed E-state index contributed by atoms with van der Waals surface area (Å²) in [5.74, 6) is 0.494. The monoisotopic (exact) mass is 370 g/mol. The van der Waals surface area contributed by atoms with Gasteiger partial charge in [0.15, 0.2) is 5.96 Å². The number of benzene rings is 2. The summed E-state index contributed by atoms with van der Waals surface area (Å²) in [5.41, 5.74) is 3.94. The number of ether oxygens (including phenoxy) is 1. The number of hydrogen-bond donors (Lipinski definition) is 2. The van der Waals surface area contributed by atoms with Crippen molar-refractivity contribution in [3.63, 3.8) is 0 Å². The predicted octanol–water partition coefficient (Wildman–Crippen LogP) is 2.84. The Balaban J connectivity index is 1.54. The van der Waals surface area contributed by atoms with Crippen molar-refractivity contribution in [2.24, 2.45) is 4.99 Å². The van der Waals surface area contributed by atoms with Gasteiger partial charge in [-0.25, -0.2) is 4.39 Å². The lowest BCUT2D eigenvalue weighted by Gasteiger charge is -2.29. The standard InChI is InChI=1S/C21H27FN4O/c1-16-4-3-5-17(12-16)14-24-21(23-2)25-15-18-6-7-20(19(22)13-18)26-8-10-27-11-9-26/h3-7,12-13H,8-11,14-15H2,1-2H3,(H2,23,24,25). The van der Waals surface area contributed by atoms with Crippen LogP contribution in [0.15, 0.2) is 47.5 Å². The molecule has 2 N–H and O–H groups in total. The van der Waals surface area contributed by atoms with Crippen molar-refractivity contribution in [1.29, 1.82) is 0 Å². The largest absolute Gasteiger partial charge is 0.378 e. The van der Waals surface area contributed by atoms with Crippen LogP contribution in [0.5, 0.6) is 0 Å². The number of morpholine rings is 1. The summed E-state index contributed by atoms with van der Waals surface area (Å²) in [6.07, 6.45) is 0. The maximum Gasteiger partial charge on any atom is 0.191 e. The first-order valence-electron chi connectivity index (χ1n) is 9.27. The number of nitrogens with zero attached hydrogens (tertiary/aromatic N) is 2. The number of rotatable bonds is 5. The zero-order valence-electron chi connectivity index (χ0n) is 16.0. The minimum absolute atomic E-state index is 0.195. The van der Waals surface area contributed by atoms with Crippen molar-refractivity contribution in [1.82, 2.24) is 10.6 Å². The van der Waals surface area contributed by atoms with E-state index in [0.717, 1.165) is 18.7 Å². The molecular formula is C21H27FN4O. The Morgan fingerprint density at radius 2 is 1.78 bits per heavy atom. The number of anilines is 1. The van der Waals surface area contributed by atoms with E-state index in [1.54, 1.807) is 13.1 Å². The quantitative estimate of drug-likeness (QED) is 0.628. The van der Waals surface area contributed by atoms with E-state index in [2.05, 4.69) is 40.7 Å². The molecule has 1 aliphatic rings. The summed E-state index contributed by atoms with van der Waals surface area (Å²) in [6, 6.07) is 13.7. The van der Waals surface area contributed by atoms with Crippen LogP contribution in [0.4, 0.5) is 10.1 Å². The van der Waals surface area contributed by atoms with Crippen molar-refractivity contribution in [2.75, 3.05) is 38.3 Å².